The number of alkyl halides is 3. The average molecular weight is 297 g/mol. The molecule has 0 saturated heterocycles. The van der Waals surface area contributed by atoms with Crippen LogP contribution in [0.2, 0.25) is 0 Å². The molecule has 0 heterocycles. The largest absolute Gasteiger partial charge is 0.401 e. The molecule has 20 heavy (non-hydrogen) atoms. The Hall–Kier alpha value is -0.820. The second-order valence-corrected chi connectivity index (χ2v) is 5.55. The Morgan fingerprint density at radius 3 is 2.25 bits per heavy atom. The number of hydrogen-bond acceptors (Lipinski definition) is 3. The van der Waals surface area contributed by atoms with Crippen LogP contribution >= 0.6 is 0 Å². The van der Waals surface area contributed by atoms with Gasteiger partial charge in [-0.2, -0.15) is 13.2 Å². The molecule has 0 aliphatic heterocycles. The third kappa shape index (κ3) is 7.09. The van der Waals surface area contributed by atoms with Gasteiger partial charge in [-0.3, -0.25) is 9.69 Å². The zero-order chi connectivity index (χ0) is 16.0. The molecule has 0 bridgehead atoms. The van der Waals surface area contributed by atoms with Gasteiger partial charge in [0.25, 0.3) is 0 Å². The number of carbonyl (C=O) groups is 1. The molecule has 0 aromatic heterocycles. The zero-order valence-electron chi connectivity index (χ0n) is 12.7. The van der Waals surface area contributed by atoms with Crippen LogP contribution in [0, 0.1) is 0 Å². The fraction of sp³-hybridized carbons (Fsp3) is 0.923. The number of amides is 1. The van der Waals surface area contributed by atoms with Gasteiger partial charge in [-0.05, 0) is 40.2 Å². The first-order chi connectivity index (χ1) is 9.02. The highest BCUT2D eigenvalue weighted by molar-refractivity contribution is 5.84. The number of nitrogens with zero attached hydrogens (tertiary/aromatic N) is 1. The standard InChI is InChI=1S/C13H26F3N3O/c1-5-7-18-12(4,11(17)20)6-8-19(10(2)3)9-13(14,15)16/h10,18H,5-9H2,1-4H3,(H2,17,20). The van der Waals surface area contributed by atoms with Gasteiger partial charge in [-0.1, -0.05) is 6.92 Å². The maximum absolute atomic E-state index is 12.5. The number of primary amides is 1. The summed E-state index contributed by atoms with van der Waals surface area (Å²) in [5.41, 5.74) is 4.38. The molecular formula is C13H26F3N3O. The van der Waals surface area contributed by atoms with E-state index >= 15 is 0 Å². The number of hydrogen-bond donors (Lipinski definition) is 2. The number of rotatable bonds is 9. The van der Waals surface area contributed by atoms with Crippen molar-refractivity contribution in [2.45, 2.75) is 58.3 Å². The van der Waals surface area contributed by atoms with E-state index in [9.17, 15) is 18.0 Å². The smallest absolute Gasteiger partial charge is 0.368 e. The van der Waals surface area contributed by atoms with E-state index in [1.165, 1.54) is 4.90 Å². The van der Waals surface area contributed by atoms with Crippen molar-refractivity contribution in [2.75, 3.05) is 19.6 Å². The molecule has 0 rings (SSSR count). The van der Waals surface area contributed by atoms with E-state index in [0.29, 0.717) is 6.54 Å². The number of nitrogens with one attached hydrogen (secondary N) is 1. The van der Waals surface area contributed by atoms with Crippen molar-refractivity contribution in [1.82, 2.24) is 10.2 Å². The lowest BCUT2D eigenvalue weighted by Crippen LogP contribution is -2.55. The van der Waals surface area contributed by atoms with E-state index in [1.807, 2.05) is 6.92 Å². The maximum Gasteiger partial charge on any atom is 0.401 e. The van der Waals surface area contributed by atoms with Crippen molar-refractivity contribution in [3.8, 4) is 0 Å². The van der Waals surface area contributed by atoms with Crippen LogP contribution in [-0.2, 0) is 4.79 Å². The molecule has 0 aromatic carbocycles. The Bertz CT molecular complexity index is 308. The first kappa shape index (κ1) is 19.2. The Kier molecular flexibility index (Phi) is 7.51. The van der Waals surface area contributed by atoms with Crippen molar-refractivity contribution in [1.29, 1.82) is 0 Å². The summed E-state index contributed by atoms with van der Waals surface area (Å²) in [6, 6.07) is -0.250. The lowest BCUT2D eigenvalue weighted by Gasteiger charge is -2.33. The first-order valence-corrected chi connectivity index (χ1v) is 6.87. The summed E-state index contributed by atoms with van der Waals surface area (Å²) in [7, 11) is 0. The number of halogens is 3. The molecular weight excluding hydrogens is 271 g/mol. The predicted molar refractivity (Wildman–Crippen MR) is 73.3 cm³/mol. The lowest BCUT2D eigenvalue weighted by molar-refractivity contribution is -0.150. The summed E-state index contributed by atoms with van der Waals surface area (Å²) in [6.07, 6.45) is -3.18. The summed E-state index contributed by atoms with van der Waals surface area (Å²) in [5.74, 6) is -0.540. The molecule has 0 aliphatic carbocycles. The molecule has 1 atom stereocenters. The van der Waals surface area contributed by atoms with Crippen LogP contribution in [0.1, 0.15) is 40.5 Å². The normalized spacial score (nSPS) is 15.7. The van der Waals surface area contributed by atoms with Gasteiger partial charge >= 0.3 is 6.18 Å². The number of nitrogens with two attached hydrogens (primary N) is 1. The Balaban J connectivity index is 4.67. The molecule has 0 aromatic rings. The zero-order valence-corrected chi connectivity index (χ0v) is 12.7. The minimum absolute atomic E-state index is 0.160. The van der Waals surface area contributed by atoms with Crippen LogP contribution < -0.4 is 11.1 Å². The van der Waals surface area contributed by atoms with Crippen LogP contribution in [0.15, 0.2) is 0 Å². The van der Waals surface area contributed by atoms with Crippen molar-refractivity contribution in [3.05, 3.63) is 0 Å². The van der Waals surface area contributed by atoms with Gasteiger partial charge in [-0.15, -0.1) is 0 Å². The molecule has 3 N–H and O–H groups in total. The Labute approximate surface area is 118 Å². The SMILES string of the molecule is CCCNC(C)(CCN(CC(F)(F)F)C(C)C)C(N)=O. The molecule has 1 amide bonds. The second-order valence-electron chi connectivity index (χ2n) is 5.55. The van der Waals surface area contributed by atoms with Crippen LogP contribution in [-0.4, -0.2) is 48.2 Å². The van der Waals surface area contributed by atoms with Gasteiger partial charge in [0, 0.05) is 12.6 Å². The average Bonchev–Trinajstić information content (AvgIpc) is 2.30. The van der Waals surface area contributed by atoms with E-state index in [4.69, 9.17) is 5.73 Å². The quantitative estimate of drug-likeness (QED) is 0.683. The highest BCUT2D eigenvalue weighted by Gasteiger charge is 2.35. The highest BCUT2D eigenvalue weighted by atomic mass is 19.4. The molecule has 4 nitrogen and oxygen atoms in total. The van der Waals surface area contributed by atoms with Crippen LogP contribution in [0.25, 0.3) is 0 Å². The van der Waals surface area contributed by atoms with Gasteiger partial charge in [0.15, 0.2) is 0 Å². The van der Waals surface area contributed by atoms with Gasteiger partial charge in [0.05, 0.1) is 12.1 Å². The Morgan fingerprint density at radius 1 is 1.35 bits per heavy atom. The summed E-state index contributed by atoms with van der Waals surface area (Å²) in [4.78, 5) is 12.8. The summed E-state index contributed by atoms with van der Waals surface area (Å²) < 4.78 is 37.5. The van der Waals surface area contributed by atoms with Crippen molar-refractivity contribution in [3.63, 3.8) is 0 Å². The second kappa shape index (κ2) is 7.83. The predicted octanol–water partition coefficient (Wildman–Crippen LogP) is 1.89. The van der Waals surface area contributed by atoms with Gasteiger partial charge in [0.2, 0.25) is 5.91 Å². The van der Waals surface area contributed by atoms with Crippen molar-refractivity contribution < 1.29 is 18.0 Å². The van der Waals surface area contributed by atoms with Gasteiger partial charge in [-0.25, -0.2) is 0 Å². The summed E-state index contributed by atoms with van der Waals surface area (Å²) in [5, 5.41) is 3.02. The lowest BCUT2D eigenvalue weighted by atomic mass is 9.96. The van der Waals surface area contributed by atoms with Crippen LogP contribution in [0.5, 0.6) is 0 Å². The molecule has 0 fully saturated rings. The Morgan fingerprint density at radius 2 is 1.90 bits per heavy atom. The molecule has 0 radical (unpaired) electrons. The van der Waals surface area contributed by atoms with Crippen LogP contribution in [0.3, 0.4) is 0 Å². The minimum Gasteiger partial charge on any atom is -0.368 e. The van der Waals surface area contributed by atoms with E-state index < -0.39 is 24.2 Å². The van der Waals surface area contributed by atoms with E-state index in [-0.39, 0.29) is 19.0 Å². The van der Waals surface area contributed by atoms with Crippen molar-refractivity contribution >= 4 is 5.91 Å². The topological polar surface area (TPSA) is 58.4 Å². The maximum atomic E-state index is 12.5. The molecule has 1 unspecified atom stereocenters. The molecule has 0 aliphatic rings. The molecule has 7 heteroatoms. The summed E-state index contributed by atoms with van der Waals surface area (Å²) >= 11 is 0. The third-order valence-corrected chi connectivity index (χ3v) is 3.32. The fourth-order valence-corrected chi connectivity index (χ4v) is 1.82. The van der Waals surface area contributed by atoms with Gasteiger partial charge < -0.3 is 11.1 Å². The minimum atomic E-state index is -4.25. The highest BCUT2D eigenvalue weighted by Crippen LogP contribution is 2.20. The monoisotopic (exact) mass is 297 g/mol. The van der Waals surface area contributed by atoms with E-state index in [2.05, 4.69) is 5.32 Å². The molecule has 0 spiro atoms. The van der Waals surface area contributed by atoms with Crippen molar-refractivity contribution in [2.24, 2.45) is 5.73 Å². The first-order valence-electron chi connectivity index (χ1n) is 6.87. The molecule has 0 saturated carbocycles. The third-order valence-electron chi connectivity index (χ3n) is 3.32. The van der Waals surface area contributed by atoms with E-state index in [0.717, 1.165) is 6.42 Å². The van der Waals surface area contributed by atoms with Gasteiger partial charge in [0.1, 0.15) is 0 Å². The fourth-order valence-electron chi connectivity index (χ4n) is 1.82. The molecule has 120 valence electrons. The van der Waals surface area contributed by atoms with Crippen LogP contribution in [0.4, 0.5) is 13.2 Å². The summed E-state index contributed by atoms with van der Waals surface area (Å²) in [6.45, 7) is 6.76. The van der Waals surface area contributed by atoms with E-state index in [1.54, 1.807) is 20.8 Å². The number of carbonyl (C=O) groups excluding carboxylic acids is 1.